The third kappa shape index (κ3) is 4.75. The Morgan fingerprint density at radius 2 is 2.10 bits per heavy atom. The van der Waals surface area contributed by atoms with Crippen molar-refractivity contribution in [1.29, 1.82) is 0 Å². The molecule has 0 aromatic heterocycles. The van der Waals surface area contributed by atoms with Crippen molar-refractivity contribution in [2.75, 3.05) is 20.3 Å². The van der Waals surface area contributed by atoms with Crippen LogP contribution in [-0.4, -0.2) is 39.9 Å². The van der Waals surface area contributed by atoms with Crippen LogP contribution in [0.15, 0.2) is 17.0 Å². The van der Waals surface area contributed by atoms with Gasteiger partial charge in [0.25, 0.3) is 0 Å². The normalized spacial score (nSPS) is 12.6. The van der Waals surface area contributed by atoms with Crippen molar-refractivity contribution in [2.24, 2.45) is 0 Å². The van der Waals surface area contributed by atoms with Crippen LogP contribution >= 0.6 is 0 Å². The molecular weight excluding hydrogens is 304 g/mol. The van der Waals surface area contributed by atoms with Gasteiger partial charge in [-0.15, -0.1) is 0 Å². The predicted octanol–water partition coefficient (Wildman–Crippen LogP) is 0.622. The number of rotatable bonds is 5. The van der Waals surface area contributed by atoms with Gasteiger partial charge in [0.2, 0.25) is 10.0 Å². The van der Waals surface area contributed by atoms with Crippen LogP contribution in [0.2, 0.25) is 0 Å². The van der Waals surface area contributed by atoms with Crippen LogP contribution in [0.1, 0.15) is 12.5 Å². The Balaban J connectivity index is 3.33. The minimum absolute atomic E-state index is 0.0830. The Kier molecular flexibility index (Phi) is 6.23. The average molecular weight is 319 g/mol. The van der Waals surface area contributed by atoms with E-state index in [1.807, 2.05) is 0 Å². The van der Waals surface area contributed by atoms with Crippen LogP contribution in [-0.2, 0) is 14.8 Å². The molecule has 0 fully saturated rings. The highest BCUT2D eigenvalue weighted by atomic mass is 32.2. The fourth-order valence-electron chi connectivity index (χ4n) is 1.67. The maximum atomic E-state index is 13.8. The molecule has 1 atom stereocenters. The fourth-order valence-corrected chi connectivity index (χ4v) is 3.10. The monoisotopic (exact) mass is 319 g/mol. The minimum Gasteiger partial charge on any atom is -0.384 e. The Hall–Kier alpha value is -1.53. The number of hydrogen-bond acceptors (Lipinski definition) is 4. The summed E-state index contributed by atoms with van der Waals surface area (Å²) in [7, 11) is -2.86. The first-order valence-electron chi connectivity index (χ1n) is 5.92. The highest BCUT2D eigenvalue weighted by Crippen LogP contribution is 2.21. The third-order valence-electron chi connectivity index (χ3n) is 2.35. The van der Waals surface area contributed by atoms with Crippen molar-refractivity contribution in [3.8, 4) is 11.8 Å². The first-order valence-corrected chi connectivity index (χ1v) is 7.40. The maximum absolute atomic E-state index is 13.8. The highest BCUT2D eigenvalue weighted by Gasteiger charge is 2.25. The van der Waals surface area contributed by atoms with Crippen LogP contribution in [0, 0.1) is 23.5 Å². The summed E-state index contributed by atoms with van der Waals surface area (Å²) in [6, 6.07) is 0.643. The van der Waals surface area contributed by atoms with Gasteiger partial charge < -0.3 is 9.84 Å². The van der Waals surface area contributed by atoms with Crippen LogP contribution in [0.4, 0.5) is 8.78 Å². The quantitative estimate of drug-likeness (QED) is 0.780. The number of hydrogen-bond donors (Lipinski definition) is 2. The van der Waals surface area contributed by atoms with E-state index >= 15 is 0 Å². The van der Waals surface area contributed by atoms with E-state index in [0.29, 0.717) is 6.07 Å². The molecule has 0 heterocycles. The zero-order valence-corrected chi connectivity index (χ0v) is 12.3. The molecule has 0 saturated carbocycles. The van der Waals surface area contributed by atoms with Gasteiger partial charge in [-0.1, -0.05) is 11.8 Å². The Bertz CT molecular complexity index is 665. The smallest absolute Gasteiger partial charge is 0.245 e. The molecule has 0 saturated heterocycles. The molecule has 1 unspecified atom stereocenters. The molecule has 0 aliphatic heterocycles. The van der Waals surface area contributed by atoms with E-state index in [2.05, 4.69) is 16.6 Å². The molecular formula is C13H15F2NO4S. The van der Waals surface area contributed by atoms with E-state index in [-0.39, 0.29) is 12.2 Å². The van der Waals surface area contributed by atoms with Crippen molar-refractivity contribution >= 4 is 10.0 Å². The maximum Gasteiger partial charge on any atom is 0.245 e. The van der Waals surface area contributed by atoms with Gasteiger partial charge >= 0.3 is 0 Å². The van der Waals surface area contributed by atoms with Gasteiger partial charge in [-0.3, -0.25) is 0 Å². The molecule has 1 rings (SSSR count). The van der Waals surface area contributed by atoms with E-state index in [1.165, 1.54) is 14.0 Å². The van der Waals surface area contributed by atoms with Crippen molar-refractivity contribution in [1.82, 2.24) is 4.72 Å². The molecule has 1 aromatic rings. The molecule has 0 aliphatic rings. The summed E-state index contributed by atoms with van der Waals surface area (Å²) in [4.78, 5) is -0.757. The lowest BCUT2D eigenvalue weighted by Gasteiger charge is -2.14. The molecule has 0 spiro atoms. The van der Waals surface area contributed by atoms with E-state index in [1.54, 1.807) is 0 Å². The standard InChI is InChI=1S/C13H15F2NO4S/c1-9(8-20-2)16-21(18,19)13-10(4-3-5-17)6-11(14)7-12(13)15/h6-7,9,16-17H,5,8H2,1-2H3. The Labute approximate surface area is 122 Å². The van der Waals surface area contributed by atoms with Crippen molar-refractivity contribution in [3.63, 3.8) is 0 Å². The van der Waals surface area contributed by atoms with E-state index < -0.39 is 39.2 Å². The lowest BCUT2D eigenvalue weighted by molar-refractivity contribution is 0.180. The first kappa shape index (κ1) is 17.5. The molecule has 8 heteroatoms. The Morgan fingerprint density at radius 1 is 1.43 bits per heavy atom. The molecule has 21 heavy (non-hydrogen) atoms. The molecule has 0 aliphatic carbocycles. The van der Waals surface area contributed by atoms with Crippen LogP contribution in [0.3, 0.4) is 0 Å². The van der Waals surface area contributed by atoms with Crippen molar-refractivity contribution in [3.05, 3.63) is 29.3 Å². The predicted molar refractivity (Wildman–Crippen MR) is 72.0 cm³/mol. The lowest BCUT2D eigenvalue weighted by atomic mass is 10.2. The second-order valence-electron chi connectivity index (χ2n) is 4.20. The van der Waals surface area contributed by atoms with Crippen molar-refractivity contribution in [2.45, 2.75) is 17.9 Å². The fraction of sp³-hybridized carbons (Fsp3) is 0.385. The minimum atomic E-state index is -4.25. The molecule has 2 N–H and O–H groups in total. The number of benzene rings is 1. The second kappa shape index (κ2) is 7.47. The highest BCUT2D eigenvalue weighted by molar-refractivity contribution is 7.89. The van der Waals surface area contributed by atoms with Gasteiger partial charge in [0, 0.05) is 19.2 Å². The number of halogens is 2. The summed E-state index contributed by atoms with van der Waals surface area (Å²) >= 11 is 0. The van der Waals surface area contributed by atoms with Crippen LogP contribution in [0.25, 0.3) is 0 Å². The molecule has 0 bridgehead atoms. The lowest BCUT2D eigenvalue weighted by Crippen LogP contribution is -2.36. The largest absolute Gasteiger partial charge is 0.384 e. The van der Waals surface area contributed by atoms with Gasteiger partial charge in [-0.05, 0) is 13.0 Å². The van der Waals surface area contributed by atoms with Crippen LogP contribution in [0.5, 0.6) is 0 Å². The number of aliphatic hydroxyl groups is 1. The average Bonchev–Trinajstić information content (AvgIpc) is 2.34. The number of nitrogens with one attached hydrogen (secondary N) is 1. The van der Waals surface area contributed by atoms with Gasteiger partial charge in [0.15, 0.2) is 0 Å². The number of sulfonamides is 1. The zero-order valence-electron chi connectivity index (χ0n) is 11.5. The van der Waals surface area contributed by atoms with E-state index in [4.69, 9.17) is 9.84 Å². The number of methoxy groups -OCH3 is 1. The zero-order chi connectivity index (χ0) is 16.0. The molecule has 0 radical (unpaired) electrons. The van der Waals surface area contributed by atoms with E-state index in [9.17, 15) is 17.2 Å². The van der Waals surface area contributed by atoms with Crippen LogP contribution < -0.4 is 4.72 Å². The molecule has 1 aromatic carbocycles. The van der Waals surface area contributed by atoms with E-state index in [0.717, 1.165) is 6.07 Å². The first-order chi connectivity index (χ1) is 9.81. The second-order valence-corrected chi connectivity index (χ2v) is 5.85. The number of ether oxygens (including phenoxy) is 1. The summed E-state index contributed by atoms with van der Waals surface area (Å²) in [6.07, 6.45) is 0. The summed E-state index contributed by atoms with van der Waals surface area (Å²) in [5.74, 6) is 2.18. The van der Waals surface area contributed by atoms with Gasteiger partial charge in [-0.25, -0.2) is 21.9 Å². The molecule has 5 nitrogen and oxygen atoms in total. The number of aliphatic hydroxyl groups excluding tert-OH is 1. The third-order valence-corrected chi connectivity index (χ3v) is 4.02. The SMILES string of the molecule is COCC(C)NS(=O)(=O)c1c(F)cc(F)cc1C#CCO. The van der Waals surface area contributed by atoms with Crippen molar-refractivity contribution < 1.29 is 27.0 Å². The Morgan fingerprint density at radius 3 is 2.67 bits per heavy atom. The summed E-state index contributed by atoms with van der Waals surface area (Å²) in [5.41, 5.74) is -0.362. The molecule has 116 valence electrons. The summed E-state index contributed by atoms with van der Waals surface area (Å²) in [6.45, 7) is 1.05. The summed E-state index contributed by atoms with van der Waals surface area (Å²) < 4.78 is 58.4. The van der Waals surface area contributed by atoms with Gasteiger partial charge in [0.05, 0.1) is 12.2 Å². The van der Waals surface area contributed by atoms with Gasteiger partial charge in [-0.2, -0.15) is 0 Å². The topological polar surface area (TPSA) is 75.6 Å². The molecule has 0 amide bonds. The van der Waals surface area contributed by atoms with Gasteiger partial charge in [0.1, 0.15) is 23.1 Å². The summed E-state index contributed by atoms with van der Waals surface area (Å²) in [5, 5.41) is 8.63.